The van der Waals surface area contributed by atoms with Crippen molar-refractivity contribution < 1.29 is 9.53 Å². The lowest BCUT2D eigenvalue weighted by Gasteiger charge is -2.16. The van der Waals surface area contributed by atoms with Gasteiger partial charge >= 0.3 is 5.97 Å². The van der Waals surface area contributed by atoms with Crippen LogP contribution < -0.4 is 5.32 Å². The summed E-state index contributed by atoms with van der Waals surface area (Å²) < 4.78 is 5.79. The molecule has 3 nitrogen and oxygen atoms in total. The molecule has 0 radical (unpaired) electrons. The molecular formula is C17H18BrNO2. The predicted molar refractivity (Wildman–Crippen MR) is 87.2 cm³/mol. The maximum Gasteiger partial charge on any atom is 0.337 e. The van der Waals surface area contributed by atoms with Crippen LogP contribution in [0.1, 0.15) is 34.5 Å². The molecule has 0 aliphatic rings. The summed E-state index contributed by atoms with van der Waals surface area (Å²) in [6.45, 7) is 2.87. The lowest BCUT2D eigenvalue weighted by atomic mass is 10.1. The zero-order chi connectivity index (χ0) is 15.2. The molecule has 0 unspecified atom stereocenters. The number of methoxy groups -OCH3 is 1. The van der Waals surface area contributed by atoms with E-state index >= 15 is 0 Å². The molecule has 2 aromatic rings. The van der Waals surface area contributed by atoms with E-state index < -0.39 is 0 Å². The third-order valence-electron chi connectivity index (χ3n) is 3.36. The predicted octanol–water partition coefficient (Wildman–Crippen LogP) is 4.09. The van der Waals surface area contributed by atoms with Crippen LogP contribution in [0.5, 0.6) is 0 Å². The molecule has 0 amide bonds. The summed E-state index contributed by atoms with van der Waals surface area (Å²) in [6.07, 6.45) is 0. The van der Waals surface area contributed by atoms with Gasteiger partial charge in [-0.3, -0.25) is 0 Å². The van der Waals surface area contributed by atoms with Gasteiger partial charge in [0, 0.05) is 17.1 Å². The lowest BCUT2D eigenvalue weighted by Crippen LogP contribution is -2.18. The van der Waals surface area contributed by atoms with Gasteiger partial charge in [-0.2, -0.15) is 0 Å². The van der Waals surface area contributed by atoms with Gasteiger partial charge in [0.2, 0.25) is 0 Å². The summed E-state index contributed by atoms with van der Waals surface area (Å²) in [5, 5.41) is 3.47. The Bertz CT molecular complexity index is 610. The first-order chi connectivity index (χ1) is 10.1. The van der Waals surface area contributed by atoms with E-state index in [1.165, 1.54) is 12.7 Å². The smallest absolute Gasteiger partial charge is 0.337 e. The summed E-state index contributed by atoms with van der Waals surface area (Å²) in [4.78, 5) is 11.4. The van der Waals surface area contributed by atoms with Crippen molar-refractivity contribution >= 4 is 21.9 Å². The minimum Gasteiger partial charge on any atom is -0.465 e. The number of hydrogen-bond donors (Lipinski definition) is 1. The third-order valence-corrected chi connectivity index (χ3v) is 4.08. The van der Waals surface area contributed by atoms with Gasteiger partial charge in [0.15, 0.2) is 0 Å². The van der Waals surface area contributed by atoms with E-state index in [1.54, 1.807) is 12.1 Å². The first kappa shape index (κ1) is 15.7. The number of rotatable bonds is 5. The number of carbonyl (C=O) groups excluding carboxylic acids is 1. The fourth-order valence-corrected chi connectivity index (χ4v) is 2.71. The summed E-state index contributed by atoms with van der Waals surface area (Å²) in [6, 6.07) is 15.9. The molecule has 4 heteroatoms. The van der Waals surface area contributed by atoms with Crippen molar-refractivity contribution in [3.63, 3.8) is 0 Å². The first-order valence-electron chi connectivity index (χ1n) is 6.77. The quantitative estimate of drug-likeness (QED) is 0.828. The van der Waals surface area contributed by atoms with Crippen molar-refractivity contribution in [2.45, 2.75) is 19.5 Å². The highest BCUT2D eigenvalue weighted by Crippen LogP contribution is 2.23. The number of benzene rings is 2. The van der Waals surface area contributed by atoms with Crippen molar-refractivity contribution in [1.29, 1.82) is 0 Å². The highest BCUT2D eigenvalue weighted by molar-refractivity contribution is 9.10. The largest absolute Gasteiger partial charge is 0.465 e. The number of esters is 1. The molecule has 21 heavy (non-hydrogen) atoms. The zero-order valence-corrected chi connectivity index (χ0v) is 13.7. The molecule has 2 aromatic carbocycles. The number of nitrogens with one attached hydrogen (secondary N) is 1. The van der Waals surface area contributed by atoms with Gasteiger partial charge in [0.05, 0.1) is 12.7 Å². The summed E-state index contributed by atoms with van der Waals surface area (Å²) in [7, 11) is 1.39. The fourth-order valence-electron chi connectivity index (χ4n) is 2.08. The maximum absolute atomic E-state index is 11.4. The molecule has 2 rings (SSSR count). The van der Waals surface area contributed by atoms with E-state index in [0.29, 0.717) is 5.56 Å². The van der Waals surface area contributed by atoms with E-state index in [1.807, 2.05) is 30.3 Å². The van der Waals surface area contributed by atoms with E-state index in [9.17, 15) is 4.79 Å². The SMILES string of the molecule is COC(=O)c1ccc(CN[C@H](C)c2ccccc2Br)cc1. The Kier molecular flexibility index (Phi) is 5.53. The summed E-state index contributed by atoms with van der Waals surface area (Å²) in [5.41, 5.74) is 2.92. The van der Waals surface area contributed by atoms with Crippen LogP contribution in [0.15, 0.2) is 53.0 Å². The van der Waals surface area contributed by atoms with Gasteiger partial charge in [-0.1, -0.05) is 46.3 Å². The van der Waals surface area contributed by atoms with Crippen LogP contribution in [-0.4, -0.2) is 13.1 Å². The second kappa shape index (κ2) is 7.38. The van der Waals surface area contributed by atoms with Gasteiger partial charge in [0.1, 0.15) is 0 Å². The van der Waals surface area contributed by atoms with Crippen molar-refractivity contribution in [2.75, 3.05) is 7.11 Å². The van der Waals surface area contributed by atoms with E-state index in [-0.39, 0.29) is 12.0 Å². The highest BCUT2D eigenvalue weighted by atomic mass is 79.9. The Morgan fingerprint density at radius 1 is 1.19 bits per heavy atom. The normalized spacial score (nSPS) is 12.0. The van der Waals surface area contributed by atoms with Crippen LogP contribution in [0.25, 0.3) is 0 Å². The summed E-state index contributed by atoms with van der Waals surface area (Å²) in [5.74, 6) is -0.309. The molecule has 1 atom stereocenters. The van der Waals surface area contributed by atoms with Crippen molar-refractivity contribution in [3.8, 4) is 0 Å². The minimum absolute atomic E-state index is 0.237. The van der Waals surface area contributed by atoms with Crippen LogP contribution in [-0.2, 0) is 11.3 Å². The third kappa shape index (κ3) is 4.16. The van der Waals surface area contributed by atoms with E-state index in [4.69, 9.17) is 0 Å². The maximum atomic E-state index is 11.4. The molecule has 0 saturated heterocycles. The van der Waals surface area contributed by atoms with Gasteiger partial charge in [-0.25, -0.2) is 4.79 Å². The zero-order valence-electron chi connectivity index (χ0n) is 12.1. The molecule has 110 valence electrons. The van der Waals surface area contributed by atoms with Crippen molar-refractivity contribution in [3.05, 3.63) is 69.7 Å². The van der Waals surface area contributed by atoms with Crippen molar-refractivity contribution in [1.82, 2.24) is 5.32 Å². The van der Waals surface area contributed by atoms with Crippen LogP contribution in [0.3, 0.4) is 0 Å². The molecular weight excluding hydrogens is 330 g/mol. The van der Waals surface area contributed by atoms with Crippen molar-refractivity contribution in [2.24, 2.45) is 0 Å². The Hall–Kier alpha value is -1.65. The van der Waals surface area contributed by atoms with Gasteiger partial charge in [0.25, 0.3) is 0 Å². The molecule has 0 saturated carbocycles. The molecule has 0 aliphatic carbocycles. The van der Waals surface area contributed by atoms with Gasteiger partial charge < -0.3 is 10.1 Å². The molecule has 0 heterocycles. The topological polar surface area (TPSA) is 38.3 Å². The monoisotopic (exact) mass is 347 g/mol. The second-order valence-corrected chi connectivity index (χ2v) is 5.67. The molecule has 0 spiro atoms. The Balaban J connectivity index is 1.97. The number of carbonyl (C=O) groups is 1. The standard InChI is InChI=1S/C17H18BrNO2/c1-12(15-5-3-4-6-16(15)18)19-11-13-7-9-14(10-8-13)17(20)21-2/h3-10,12,19H,11H2,1-2H3/t12-/m1/s1. The van der Waals surface area contributed by atoms with Crippen LogP contribution in [0, 0.1) is 0 Å². The van der Waals surface area contributed by atoms with Gasteiger partial charge in [-0.05, 0) is 36.2 Å². The average Bonchev–Trinajstić information content (AvgIpc) is 2.52. The Morgan fingerprint density at radius 3 is 2.48 bits per heavy atom. The molecule has 0 bridgehead atoms. The van der Waals surface area contributed by atoms with E-state index in [0.717, 1.165) is 16.6 Å². The van der Waals surface area contributed by atoms with Crippen LogP contribution >= 0.6 is 15.9 Å². The van der Waals surface area contributed by atoms with Crippen LogP contribution in [0.4, 0.5) is 0 Å². The number of hydrogen-bond acceptors (Lipinski definition) is 3. The van der Waals surface area contributed by atoms with Crippen LogP contribution in [0.2, 0.25) is 0 Å². The minimum atomic E-state index is -0.309. The molecule has 0 aliphatic heterocycles. The highest BCUT2D eigenvalue weighted by Gasteiger charge is 2.08. The number of halogens is 1. The van der Waals surface area contributed by atoms with E-state index in [2.05, 4.69) is 39.0 Å². The number of ether oxygens (including phenoxy) is 1. The average molecular weight is 348 g/mol. The molecule has 0 fully saturated rings. The molecule has 1 N–H and O–H groups in total. The summed E-state index contributed by atoms with van der Waals surface area (Å²) >= 11 is 3.57. The lowest BCUT2D eigenvalue weighted by molar-refractivity contribution is 0.0600. The fraction of sp³-hybridized carbons (Fsp3) is 0.235. The first-order valence-corrected chi connectivity index (χ1v) is 7.56. The second-order valence-electron chi connectivity index (χ2n) is 4.81. The van der Waals surface area contributed by atoms with Gasteiger partial charge in [-0.15, -0.1) is 0 Å². The Labute approximate surface area is 133 Å². The molecule has 0 aromatic heterocycles. The Morgan fingerprint density at radius 2 is 1.86 bits per heavy atom.